The topological polar surface area (TPSA) is 116 Å². The summed E-state index contributed by atoms with van der Waals surface area (Å²) in [6.45, 7) is 1.48. The first-order valence-corrected chi connectivity index (χ1v) is 8.03. The number of aliphatic hydroxyl groups is 2. The standard InChI is InChI=1S/C19H21NO6/c1-12-7-8-14(9-15(12)18(23)24)17(22)16(21)10-20-19(25)26-11-13-5-3-2-4-6-13/h2-9,16-17,21-22H,10-11H2,1H3,(H,20,25)(H,23,24). The van der Waals surface area contributed by atoms with E-state index >= 15 is 0 Å². The number of aryl methyl sites for hydroxylation is 1. The van der Waals surface area contributed by atoms with Crippen molar-refractivity contribution in [2.24, 2.45) is 0 Å². The molecule has 0 aliphatic carbocycles. The van der Waals surface area contributed by atoms with E-state index in [-0.39, 0.29) is 24.3 Å². The van der Waals surface area contributed by atoms with Crippen molar-refractivity contribution in [1.82, 2.24) is 5.32 Å². The van der Waals surface area contributed by atoms with E-state index in [9.17, 15) is 19.8 Å². The van der Waals surface area contributed by atoms with Crippen LogP contribution in [0.3, 0.4) is 0 Å². The van der Waals surface area contributed by atoms with Crippen molar-refractivity contribution in [3.8, 4) is 0 Å². The number of carboxylic acid groups (broad SMARTS) is 1. The first-order valence-electron chi connectivity index (χ1n) is 8.03. The maximum Gasteiger partial charge on any atom is 0.407 e. The van der Waals surface area contributed by atoms with Gasteiger partial charge in [0.15, 0.2) is 0 Å². The molecule has 2 aromatic rings. The van der Waals surface area contributed by atoms with Gasteiger partial charge in [-0.1, -0.05) is 42.5 Å². The lowest BCUT2D eigenvalue weighted by atomic mass is 9.99. The minimum Gasteiger partial charge on any atom is -0.478 e. The van der Waals surface area contributed by atoms with Crippen LogP contribution in [0.4, 0.5) is 4.79 Å². The number of carboxylic acids is 1. The summed E-state index contributed by atoms with van der Waals surface area (Å²) in [5.41, 5.74) is 1.67. The van der Waals surface area contributed by atoms with Crippen molar-refractivity contribution in [2.45, 2.75) is 25.7 Å². The van der Waals surface area contributed by atoms with Crippen molar-refractivity contribution >= 4 is 12.1 Å². The predicted molar refractivity (Wildman–Crippen MR) is 93.7 cm³/mol. The largest absolute Gasteiger partial charge is 0.478 e. The van der Waals surface area contributed by atoms with Gasteiger partial charge >= 0.3 is 12.1 Å². The van der Waals surface area contributed by atoms with Gasteiger partial charge in [0.05, 0.1) is 5.56 Å². The predicted octanol–water partition coefficient (Wildman–Crippen LogP) is 2.01. The van der Waals surface area contributed by atoms with E-state index in [4.69, 9.17) is 9.84 Å². The SMILES string of the molecule is Cc1ccc(C(O)C(O)CNC(=O)OCc2ccccc2)cc1C(=O)O. The maximum atomic E-state index is 11.7. The summed E-state index contributed by atoms with van der Waals surface area (Å²) in [5.74, 6) is -1.12. The average molecular weight is 359 g/mol. The first-order chi connectivity index (χ1) is 12.4. The molecule has 2 atom stereocenters. The molecule has 7 nitrogen and oxygen atoms in total. The fourth-order valence-corrected chi connectivity index (χ4v) is 2.35. The van der Waals surface area contributed by atoms with Crippen molar-refractivity contribution < 1.29 is 29.6 Å². The summed E-state index contributed by atoms with van der Waals surface area (Å²) >= 11 is 0. The quantitative estimate of drug-likeness (QED) is 0.601. The Labute approximate surface area is 150 Å². The molecule has 0 aromatic heterocycles. The van der Waals surface area contributed by atoms with Gasteiger partial charge in [0, 0.05) is 6.54 Å². The Morgan fingerprint density at radius 3 is 2.46 bits per heavy atom. The normalized spacial score (nSPS) is 12.9. The van der Waals surface area contributed by atoms with Crippen LogP contribution in [0.1, 0.15) is 33.2 Å². The highest BCUT2D eigenvalue weighted by molar-refractivity contribution is 5.89. The molecule has 7 heteroatoms. The van der Waals surface area contributed by atoms with Crippen LogP contribution in [0.25, 0.3) is 0 Å². The molecule has 0 spiro atoms. The first kappa shape index (κ1) is 19.4. The van der Waals surface area contributed by atoms with E-state index in [0.29, 0.717) is 5.56 Å². The molecular weight excluding hydrogens is 338 g/mol. The molecule has 0 radical (unpaired) electrons. The van der Waals surface area contributed by atoms with Gasteiger partial charge in [0.1, 0.15) is 18.8 Å². The molecule has 2 unspecified atom stereocenters. The Morgan fingerprint density at radius 2 is 1.81 bits per heavy atom. The number of benzene rings is 2. The molecular formula is C19H21NO6. The zero-order chi connectivity index (χ0) is 19.1. The number of aromatic carboxylic acids is 1. The van der Waals surface area contributed by atoms with E-state index in [1.807, 2.05) is 30.3 Å². The van der Waals surface area contributed by atoms with Crippen LogP contribution in [-0.2, 0) is 11.3 Å². The molecule has 0 fully saturated rings. The number of carbonyl (C=O) groups excluding carboxylic acids is 1. The lowest BCUT2D eigenvalue weighted by molar-refractivity contribution is 0.0183. The fraction of sp³-hybridized carbons (Fsp3) is 0.263. The number of amides is 1. The van der Waals surface area contributed by atoms with Gasteiger partial charge in [-0.05, 0) is 29.7 Å². The van der Waals surface area contributed by atoms with Crippen LogP contribution in [0.5, 0.6) is 0 Å². The second-order valence-electron chi connectivity index (χ2n) is 5.83. The van der Waals surface area contributed by atoms with Crippen LogP contribution in [0.15, 0.2) is 48.5 Å². The van der Waals surface area contributed by atoms with Gasteiger partial charge in [0.2, 0.25) is 0 Å². The lowest BCUT2D eigenvalue weighted by Crippen LogP contribution is -2.35. The molecule has 2 rings (SSSR count). The number of hydrogen-bond acceptors (Lipinski definition) is 5. The van der Waals surface area contributed by atoms with Crippen molar-refractivity contribution in [3.05, 3.63) is 70.8 Å². The van der Waals surface area contributed by atoms with Crippen LogP contribution in [0, 0.1) is 6.92 Å². The molecule has 0 bridgehead atoms. The molecule has 0 saturated heterocycles. The van der Waals surface area contributed by atoms with E-state index in [2.05, 4.69) is 5.32 Å². The maximum absolute atomic E-state index is 11.7. The Kier molecular flexibility index (Phi) is 6.71. The molecule has 0 aliphatic rings. The van der Waals surface area contributed by atoms with Crippen molar-refractivity contribution in [3.63, 3.8) is 0 Å². The highest BCUT2D eigenvalue weighted by Crippen LogP contribution is 2.20. The highest BCUT2D eigenvalue weighted by Gasteiger charge is 2.21. The third-order valence-electron chi connectivity index (χ3n) is 3.87. The van der Waals surface area contributed by atoms with Crippen LogP contribution < -0.4 is 5.32 Å². The van der Waals surface area contributed by atoms with Gasteiger partial charge in [0.25, 0.3) is 0 Å². The van der Waals surface area contributed by atoms with E-state index in [0.717, 1.165) is 5.56 Å². The molecule has 0 heterocycles. The number of carbonyl (C=O) groups is 2. The van der Waals surface area contributed by atoms with Gasteiger partial charge in [-0.15, -0.1) is 0 Å². The zero-order valence-corrected chi connectivity index (χ0v) is 14.3. The minimum absolute atomic E-state index is 0.0454. The van der Waals surface area contributed by atoms with Crippen molar-refractivity contribution in [1.29, 1.82) is 0 Å². The van der Waals surface area contributed by atoms with Gasteiger partial charge in [-0.25, -0.2) is 9.59 Å². The number of nitrogens with one attached hydrogen (secondary N) is 1. The fourth-order valence-electron chi connectivity index (χ4n) is 2.35. The van der Waals surface area contributed by atoms with Crippen LogP contribution in [-0.4, -0.2) is 40.0 Å². The molecule has 0 saturated carbocycles. The Hall–Kier alpha value is -2.90. The average Bonchev–Trinajstić information content (AvgIpc) is 2.64. The monoisotopic (exact) mass is 359 g/mol. The van der Waals surface area contributed by atoms with Gasteiger partial charge in [-0.3, -0.25) is 0 Å². The molecule has 4 N–H and O–H groups in total. The summed E-state index contributed by atoms with van der Waals surface area (Å²) in [6, 6.07) is 13.5. The summed E-state index contributed by atoms with van der Waals surface area (Å²) in [6.07, 6.45) is -3.39. The third kappa shape index (κ3) is 5.30. The van der Waals surface area contributed by atoms with E-state index in [1.165, 1.54) is 12.1 Å². The number of ether oxygens (including phenoxy) is 1. The molecule has 1 amide bonds. The number of rotatable bonds is 7. The third-order valence-corrected chi connectivity index (χ3v) is 3.87. The van der Waals surface area contributed by atoms with E-state index in [1.54, 1.807) is 13.0 Å². The molecule has 26 heavy (non-hydrogen) atoms. The smallest absolute Gasteiger partial charge is 0.407 e. The summed E-state index contributed by atoms with van der Waals surface area (Å²) < 4.78 is 5.01. The molecule has 138 valence electrons. The summed E-state index contributed by atoms with van der Waals surface area (Å²) in [5, 5.41) is 31.7. The van der Waals surface area contributed by atoms with Gasteiger partial charge < -0.3 is 25.4 Å². The number of aliphatic hydroxyl groups excluding tert-OH is 2. The second-order valence-corrected chi connectivity index (χ2v) is 5.83. The van der Waals surface area contributed by atoms with Crippen LogP contribution >= 0.6 is 0 Å². The van der Waals surface area contributed by atoms with E-state index < -0.39 is 24.3 Å². The molecule has 0 aliphatic heterocycles. The highest BCUT2D eigenvalue weighted by atomic mass is 16.5. The summed E-state index contributed by atoms with van der Waals surface area (Å²) in [4.78, 5) is 22.8. The molecule has 2 aromatic carbocycles. The Morgan fingerprint density at radius 1 is 1.12 bits per heavy atom. The number of alkyl carbamates (subject to hydrolysis) is 1. The minimum atomic E-state index is -1.34. The lowest BCUT2D eigenvalue weighted by Gasteiger charge is -2.19. The Bertz CT molecular complexity index is 762. The number of hydrogen-bond donors (Lipinski definition) is 4. The van der Waals surface area contributed by atoms with Gasteiger partial charge in [-0.2, -0.15) is 0 Å². The summed E-state index contributed by atoms with van der Waals surface area (Å²) in [7, 11) is 0. The van der Waals surface area contributed by atoms with Crippen LogP contribution in [0.2, 0.25) is 0 Å². The van der Waals surface area contributed by atoms with Crippen molar-refractivity contribution in [2.75, 3.05) is 6.54 Å². The second kappa shape index (κ2) is 8.98. The zero-order valence-electron chi connectivity index (χ0n) is 14.3. The Balaban J connectivity index is 1.86.